The summed E-state index contributed by atoms with van der Waals surface area (Å²) in [6.45, 7) is 4.37. The van der Waals surface area contributed by atoms with Crippen LogP contribution in [0.3, 0.4) is 0 Å². The molecule has 1 aromatic heterocycles. The van der Waals surface area contributed by atoms with Crippen molar-refractivity contribution in [1.82, 2.24) is 4.90 Å². The molecule has 0 saturated carbocycles. The van der Waals surface area contributed by atoms with Gasteiger partial charge in [0.25, 0.3) is 5.91 Å². The van der Waals surface area contributed by atoms with Crippen LogP contribution in [0.4, 0.5) is 0 Å². The molecule has 7 heteroatoms. The summed E-state index contributed by atoms with van der Waals surface area (Å²) in [6.07, 6.45) is 0. The quantitative estimate of drug-likeness (QED) is 0.433. The number of ether oxygens (including phenoxy) is 1. The molecule has 4 rings (SSSR count). The van der Waals surface area contributed by atoms with E-state index in [-0.39, 0.29) is 11.3 Å². The first-order valence-electron chi connectivity index (χ1n) is 9.43. The molecule has 2 saturated heterocycles. The fourth-order valence-corrected chi connectivity index (χ4v) is 4.62. The molecule has 1 N–H and O–H groups in total. The predicted octanol–water partition coefficient (Wildman–Crippen LogP) is -0.113. The van der Waals surface area contributed by atoms with Gasteiger partial charge < -0.3 is 19.6 Å². The van der Waals surface area contributed by atoms with Gasteiger partial charge in [0.15, 0.2) is 0 Å². The average Bonchev–Trinajstić information content (AvgIpc) is 3.35. The molecule has 1 atom stereocenters. The smallest absolute Gasteiger partial charge is 0.295 e. The number of carbonyl (C=O) groups excluding carboxylic acids is 2. The van der Waals surface area contributed by atoms with Crippen LogP contribution in [0.15, 0.2) is 53.4 Å². The Hall–Kier alpha value is -2.48. The first-order chi connectivity index (χ1) is 13.7. The number of hydrogen-bond donors (Lipinski definition) is 1. The van der Waals surface area contributed by atoms with E-state index in [4.69, 9.17) is 4.74 Å². The summed E-state index contributed by atoms with van der Waals surface area (Å²) in [6, 6.07) is 11.9. The van der Waals surface area contributed by atoms with E-state index in [1.165, 1.54) is 16.2 Å². The van der Waals surface area contributed by atoms with Gasteiger partial charge in [0.2, 0.25) is 5.78 Å². The Morgan fingerprint density at radius 3 is 2.57 bits per heavy atom. The zero-order valence-electron chi connectivity index (χ0n) is 15.4. The van der Waals surface area contributed by atoms with Crippen LogP contribution in [0.25, 0.3) is 5.76 Å². The molecular formula is C21H22N2O4S. The summed E-state index contributed by atoms with van der Waals surface area (Å²) in [7, 11) is 0. The van der Waals surface area contributed by atoms with Gasteiger partial charge in [-0.05, 0) is 17.0 Å². The van der Waals surface area contributed by atoms with Gasteiger partial charge in [-0.2, -0.15) is 0 Å². The predicted molar refractivity (Wildman–Crippen MR) is 104 cm³/mol. The number of thiophene rings is 1. The molecule has 2 aliphatic rings. The second-order valence-electron chi connectivity index (χ2n) is 6.97. The molecule has 1 amide bonds. The van der Waals surface area contributed by atoms with Crippen LogP contribution in [-0.2, 0) is 14.3 Å². The second-order valence-corrected chi connectivity index (χ2v) is 7.95. The average molecular weight is 398 g/mol. The summed E-state index contributed by atoms with van der Waals surface area (Å²) in [5.41, 5.74) is 0.497. The van der Waals surface area contributed by atoms with Crippen LogP contribution >= 0.6 is 11.3 Å². The maximum atomic E-state index is 13.1. The minimum atomic E-state index is -0.677. The highest BCUT2D eigenvalue weighted by Gasteiger charge is 2.44. The second kappa shape index (κ2) is 8.26. The van der Waals surface area contributed by atoms with Crippen molar-refractivity contribution < 1.29 is 24.3 Å². The minimum absolute atomic E-state index is 0.0654. The monoisotopic (exact) mass is 398 g/mol. The minimum Gasteiger partial charge on any atom is -0.872 e. The number of quaternary nitrogens is 1. The maximum Gasteiger partial charge on any atom is 0.295 e. The zero-order valence-corrected chi connectivity index (χ0v) is 16.2. The van der Waals surface area contributed by atoms with Gasteiger partial charge in [0.1, 0.15) is 13.1 Å². The molecule has 2 aliphatic heterocycles. The van der Waals surface area contributed by atoms with Crippen molar-refractivity contribution >= 4 is 28.8 Å². The van der Waals surface area contributed by atoms with E-state index in [1.807, 2.05) is 23.6 Å². The third kappa shape index (κ3) is 3.61. The van der Waals surface area contributed by atoms with Crippen LogP contribution in [0, 0.1) is 0 Å². The van der Waals surface area contributed by atoms with E-state index < -0.39 is 17.7 Å². The highest BCUT2D eigenvalue weighted by atomic mass is 32.1. The van der Waals surface area contributed by atoms with Gasteiger partial charge in [0, 0.05) is 10.5 Å². The first-order valence-corrected chi connectivity index (χ1v) is 10.3. The molecular weight excluding hydrogens is 376 g/mol. The van der Waals surface area contributed by atoms with Gasteiger partial charge in [-0.25, -0.2) is 0 Å². The highest BCUT2D eigenvalue weighted by molar-refractivity contribution is 7.10. The van der Waals surface area contributed by atoms with Crippen molar-refractivity contribution in [2.75, 3.05) is 39.4 Å². The van der Waals surface area contributed by atoms with Crippen molar-refractivity contribution in [3.8, 4) is 0 Å². The normalized spacial score (nSPS) is 22.7. The number of rotatable bonds is 5. The lowest BCUT2D eigenvalue weighted by atomic mass is 10.00. The van der Waals surface area contributed by atoms with Crippen LogP contribution in [0.5, 0.6) is 0 Å². The number of Topliss-reactive ketones (excluding diaryl/α,β-unsaturated/α-hetero) is 1. The maximum absolute atomic E-state index is 13.1. The topological polar surface area (TPSA) is 74.1 Å². The third-order valence-corrected chi connectivity index (χ3v) is 6.21. The summed E-state index contributed by atoms with van der Waals surface area (Å²) >= 11 is 1.46. The Morgan fingerprint density at radius 1 is 1.14 bits per heavy atom. The zero-order chi connectivity index (χ0) is 19.5. The van der Waals surface area contributed by atoms with Crippen LogP contribution in [0.2, 0.25) is 0 Å². The molecule has 1 aromatic carbocycles. The number of nitrogens with one attached hydrogen (secondary N) is 1. The Bertz CT molecular complexity index is 873. The number of likely N-dealkylation sites (tertiary alicyclic amines) is 1. The van der Waals surface area contributed by atoms with Crippen LogP contribution < -0.4 is 10.0 Å². The number of benzene rings is 1. The Morgan fingerprint density at radius 2 is 1.89 bits per heavy atom. The first kappa shape index (κ1) is 18.9. The molecule has 1 unspecified atom stereocenters. The molecule has 2 fully saturated rings. The SMILES string of the molecule is O=C1C(=O)N(CC[NH+]2CCOCC2)C(c2cccs2)C1=C([O-])c1ccccc1. The Balaban J connectivity index is 1.68. The van der Waals surface area contributed by atoms with Gasteiger partial charge in [-0.1, -0.05) is 42.2 Å². The molecule has 2 aromatic rings. The number of morpholine rings is 1. The van der Waals surface area contributed by atoms with E-state index in [1.54, 1.807) is 29.2 Å². The van der Waals surface area contributed by atoms with E-state index in [0.29, 0.717) is 25.3 Å². The largest absolute Gasteiger partial charge is 0.872 e. The van der Waals surface area contributed by atoms with Crippen molar-refractivity contribution in [2.24, 2.45) is 0 Å². The summed E-state index contributed by atoms with van der Waals surface area (Å²) < 4.78 is 5.38. The molecule has 146 valence electrons. The van der Waals surface area contributed by atoms with E-state index >= 15 is 0 Å². The molecule has 0 radical (unpaired) electrons. The number of amides is 1. The molecule has 0 aliphatic carbocycles. The van der Waals surface area contributed by atoms with Gasteiger partial charge in [-0.15, -0.1) is 11.3 Å². The standard InChI is InChI=1S/C21H22N2O4S/c24-19(15-5-2-1-3-6-15)17-18(16-7-4-14-28-16)23(21(26)20(17)25)9-8-22-10-12-27-13-11-22/h1-7,14,18,24H,8-13H2. The lowest BCUT2D eigenvalue weighted by Crippen LogP contribution is -3.14. The van der Waals surface area contributed by atoms with Crippen molar-refractivity contribution in [3.05, 3.63) is 63.9 Å². The Labute approximate surface area is 167 Å². The van der Waals surface area contributed by atoms with E-state index in [9.17, 15) is 14.7 Å². The fourth-order valence-electron chi connectivity index (χ4n) is 3.78. The summed E-state index contributed by atoms with van der Waals surface area (Å²) in [5.74, 6) is -1.62. The lowest BCUT2D eigenvalue weighted by molar-refractivity contribution is -0.907. The van der Waals surface area contributed by atoms with Crippen molar-refractivity contribution in [2.45, 2.75) is 6.04 Å². The fraction of sp³-hybridized carbons (Fsp3) is 0.333. The molecule has 6 nitrogen and oxygen atoms in total. The van der Waals surface area contributed by atoms with E-state index in [2.05, 4.69) is 0 Å². The molecule has 0 spiro atoms. The molecule has 3 heterocycles. The number of hydrogen-bond acceptors (Lipinski definition) is 5. The molecule has 28 heavy (non-hydrogen) atoms. The van der Waals surface area contributed by atoms with Gasteiger partial charge in [0.05, 0.1) is 32.3 Å². The summed E-state index contributed by atoms with van der Waals surface area (Å²) in [5, 5.41) is 15.0. The van der Waals surface area contributed by atoms with Crippen molar-refractivity contribution in [1.29, 1.82) is 0 Å². The highest BCUT2D eigenvalue weighted by Crippen LogP contribution is 2.40. The Kier molecular flexibility index (Phi) is 5.57. The number of carbonyl (C=O) groups is 2. The number of ketones is 1. The summed E-state index contributed by atoms with van der Waals surface area (Å²) in [4.78, 5) is 29.4. The molecule has 0 bridgehead atoms. The van der Waals surface area contributed by atoms with Crippen LogP contribution in [0.1, 0.15) is 16.5 Å². The lowest BCUT2D eigenvalue weighted by Gasteiger charge is -2.29. The number of nitrogens with zero attached hydrogens (tertiary/aromatic N) is 1. The van der Waals surface area contributed by atoms with E-state index in [0.717, 1.165) is 24.5 Å². The van der Waals surface area contributed by atoms with Gasteiger partial charge in [-0.3, -0.25) is 9.59 Å². The van der Waals surface area contributed by atoms with Crippen molar-refractivity contribution in [3.63, 3.8) is 0 Å². The van der Waals surface area contributed by atoms with Crippen LogP contribution in [-0.4, -0.2) is 56.0 Å². The third-order valence-electron chi connectivity index (χ3n) is 5.28. The van der Waals surface area contributed by atoms with Gasteiger partial charge >= 0.3 is 0 Å².